The Kier molecular flexibility index (Phi) is 3.35. The number of aldehydes is 1. The standard InChI is InChI=1S/C16H21NO/c18-12-13-5-7-16(8-6-13)17-10-9-14-3-1-2-4-15(14)11-17/h5-8,12,14-15H,1-4,9-11H2/t14-,15-/m1/s1. The van der Waals surface area contributed by atoms with E-state index in [4.69, 9.17) is 0 Å². The third-order valence-electron chi connectivity index (χ3n) is 4.69. The van der Waals surface area contributed by atoms with Gasteiger partial charge in [-0.1, -0.05) is 19.3 Å². The molecule has 3 rings (SSSR count). The fraction of sp³-hybridized carbons (Fsp3) is 0.562. The largest absolute Gasteiger partial charge is 0.371 e. The molecule has 1 saturated carbocycles. The maximum absolute atomic E-state index is 10.7. The Morgan fingerprint density at radius 1 is 1.00 bits per heavy atom. The molecule has 2 fully saturated rings. The summed E-state index contributed by atoms with van der Waals surface area (Å²) < 4.78 is 0. The zero-order valence-electron chi connectivity index (χ0n) is 10.8. The molecule has 0 unspecified atom stereocenters. The number of anilines is 1. The molecule has 96 valence electrons. The Bertz CT molecular complexity index is 412. The monoisotopic (exact) mass is 243 g/mol. The molecule has 2 aliphatic rings. The van der Waals surface area contributed by atoms with E-state index in [0.717, 1.165) is 23.7 Å². The van der Waals surface area contributed by atoms with Crippen LogP contribution in [0.1, 0.15) is 42.5 Å². The summed E-state index contributed by atoms with van der Waals surface area (Å²) in [4.78, 5) is 13.2. The van der Waals surface area contributed by atoms with Gasteiger partial charge in [0.05, 0.1) is 0 Å². The van der Waals surface area contributed by atoms with Crippen LogP contribution in [0.5, 0.6) is 0 Å². The molecule has 0 aromatic heterocycles. The van der Waals surface area contributed by atoms with Crippen molar-refractivity contribution in [2.24, 2.45) is 11.8 Å². The molecule has 18 heavy (non-hydrogen) atoms. The predicted molar refractivity (Wildman–Crippen MR) is 74.1 cm³/mol. The lowest BCUT2D eigenvalue weighted by molar-refractivity contribution is 0.112. The quantitative estimate of drug-likeness (QED) is 0.741. The number of hydrogen-bond acceptors (Lipinski definition) is 2. The highest BCUT2D eigenvalue weighted by Gasteiger charge is 2.30. The molecule has 1 aromatic rings. The Balaban J connectivity index is 1.70. The molecule has 1 aliphatic carbocycles. The maximum atomic E-state index is 10.7. The number of benzene rings is 1. The first-order valence-electron chi connectivity index (χ1n) is 7.17. The molecule has 1 saturated heterocycles. The van der Waals surface area contributed by atoms with Gasteiger partial charge in [-0.3, -0.25) is 4.79 Å². The van der Waals surface area contributed by atoms with Crippen molar-refractivity contribution >= 4 is 12.0 Å². The van der Waals surface area contributed by atoms with Crippen LogP contribution < -0.4 is 4.90 Å². The summed E-state index contributed by atoms with van der Waals surface area (Å²) in [5, 5.41) is 0. The normalized spacial score (nSPS) is 27.7. The number of hydrogen-bond donors (Lipinski definition) is 0. The summed E-state index contributed by atoms with van der Waals surface area (Å²) in [7, 11) is 0. The lowest BCUT2D eigenvalue weighted by atomic mass is 9.75. The smallest absolute Gasteiger partial charge is 0.150 e. The van der Waals surface area contributed by atoms with E-state index in [1.807, 2.05) is 12.1 Å². The van der Waals surface area contributed by atoms with Crippen LogP contribution in [0.3, 0.4) is 0 Å². The van der Waals surface area contributed by atoms with E-state index in [2.05, 4.69) is 17.0 Å². The van der Waals surface area contributed by atoms with E-state index in [0.29, 0.717) is 0 Å². The fourth-order valence-corrected chi connectivity index (χ4v) is 3.60. The predicted octanol–water partition coefficient (Wildman–Crippen LogP) is 3.52. The maximum Gasteiger partial charge on any atom is 0.150 e. The summed E-state index contributed by atoms with van der Waals surface area (Å²) in [6.45, 7) is 2.40. The van der Waals surface area contributed by atoms with Crippen LogP contribution in [0, 0.1) is 11.8 Å². The summed E-state index contributed by atoms with van der Waals surface area (Å²) in [5.41, 5.74) is 2.05. The van der Waals surface area contributed by atoms with Crippen LogP contribution in [0.15, 0.2) is 24.3 Å². The summed E-state index contributed by atoms with van der Waals surface area (Å²) in [6.07, 6.45) is 7.97. The molecule has 2 nitrogen and oxygen atoms in total. The zero-order valence-corrected chi connectivity index (χ0v) is 10.8. The second-order valence-corrected chi connectivity index (χ2v) is 5.75. The van der Waals surface area contributed by atoms with Gasteiger partial charge in [0.2, 0.25) is 0 Å². The Labute approximate surface area is 109 Å². The van der Waals surface area contributed by atoms with Gasteiger partial charge in [-0.15, -0.1) is 0 Å². The summed E-state index contributed by atoms with van der Waals surface area (Å²) >= 11 is 0. The van der Waals surface area contributed by atoms with Crippen molar-refractivity contribution in [2.45, 2.75) is 32.1 Å². The molecular formula is C16H21NO. The average Bonchev–Trinajstić information content (AvgIpc) is 2.47. The number of carbonyl (C=O) groups is 1. The lowest BCUT2D eigenvalue weighted by Crippen LogP contribution is -2.41. The van der Waals surface area contributed by atoms with Crippen molar-refractivity contribution in [3.8, 4) is 0 Å². The SMILES string of the molecule is O=Cc1ccc(N2CC[C@H]3CCCC[C@@H]3C2)cc1. The van der Waals surface area contributed by atoms with Gasteiger partial charge in [-0.2, -0.15) is 0 Å². The van der Waals surface area contributed by atoms with Gasteiger partial charge in [0.15, 0.2) is 0 Å². The Morgan fingerprint density at radius 3 is 2.44 bits per heavy atom. The molecule has 0 radical (unpaired) electrons. The van der Waals surface area contributed by atoms with Gasteiger partial charge in [-0.25, -0.2) is 0 Å². The van der Waals surface area contributed by atoms with Gasteiger partial charge in [0.1, 0.15) is 6.29 Å². The first kappa shape index (κ1) is 11.8. The molecule has 2 heteroatoms. The fourth-order valence-electron chi connectivity index (χ4n) is 3.60. The van der Waals surface area contributed by atoms with E-state index in [-0.39, 0.29) is 0 Å². The number of piperidine rings is 1. The van der Waals surface area contributed by atoms with Crippen molar-refractivity contribution in [3.63, 3.8) is 0 Å². The van der Waals surface area contributed by atoms with E-state index in [1.54, 1.807) is 0 Å². The van der Waals surface area contributed by atoms with E-state index < -0.39 is 0 Å². The average molecular weight is 243 g/mol. The molecule has 2 atom stereocenters. The van der Waals surface area contributed by atoms with Gasteiger partial charge >= 0.3 is 0 Å². The molecule has 0 N–H and O–H groups in total. The number of carbonyl (C=O) groups excluding carboxylic acids is 1. The number of rotatable bonds is 2. The molecule has 1 aliphatic heterocycles. The molecule has 0 bridgehead atoms. The van der Waals surface area contributed by atoms with Crippen molar-refractivity contribution in [2.75, 3.05) is 18.0 Å². The second-order valence-electron chi connectivity index (χ2n) is 5.75. The van der Waals surface area contributed by atoms with Crippen LogP contribution >= 0.6 is 0 Å². The zero-order chi connectivity index (χ0) is 12.4. The minimum atomic E-state index is 0.770. The summed E-state index contributed by atoms with van der Waals surface area (Å²) in [6, 6.07) is 8.03. The number of nitrogens with zero attached hydrogens (tertiary/aromatic N) is 1. The second kappa shape index (κ2) is 5.13. The first-order chi connectivity index (χ1) is 8.86. The highest BCUT2D eigenvalue weighted by Crippen LogP contribution is 2.37. The van der Waals surface area contributed by atoms with Gasteiger partial charge < -0.3 is 4.90 Å². The third kappa shape index (κ3) is 2.29. The molecule has 1 heterocycles. The first-order valence-corrected chi connectivity index (χ1v) is 7.17. The highest BCUT2D eigenvalue weighted by molar-refractivity contribution is 5.75. The minimum absolute atomic E-state index is 0.770. The van der Waals surface area contributed by atoms with E-state index in [9.17, 15) is 4.79 Å². The van der Waals surface area contributed by atoms with Gasteiger partial charge in [-0.05, 0) is 48.9 Å². The Hall–Kier alpha value is -1.31. The Morgan fingerprint density at radius 2 is 1.72 bits per heavy atom. The van der Waals surface area contributed by atoms with Crippen molar-refractivity contribution < 1.29 is 4.79 Å². The van der Waals surface area contributed by atoms with Crippen LogP contribution in [-0.2, 0) is 0 Å². The molecule has 1 aromatic carbocycles. The minimum Gasteiger partial charge on any atom is -0.371 e. The van der Waals surface area contributed by atoms with E-state index in [1.165, 1.54) is 50.9 Å². The highest BCUT2D eigenvalue weighted by atomic mass is 16.1. The van der Waals surface area contributed by atoms with Crippen molar-refractivity contribution in [3.05, 3.63) is 29.8 Å². The summed E-state index contributed by atoms with van der Waals surface area (Å²) in [5.74, 6) is 1.88. The molecule has 0 spiro atoms. The van der Waals surface area contributed by atoms with Crippen LogP contribution in [0.4, 0.5) is 5.69 Å². The van der Waals surface area contributed by atoms with Crippen LogP contribution in [-0.4, -0.2) is 19.4 Å². The van der Waals surface area contributed by atoms with Crippen molar-refractivity contribution in [1.82, 2.24) is 0 Å². The van der Waals surface area contributed by atoms with Gasteiger partial charge in [0.25, 0.3) is 0 Å². The van der Waals surface area contributed by atoms with Crippen LogP contribution in [0.25, 0.3) is 0 Å². The van der Waals surface area contributed by atoms with Crippen molar-refractivity contribution in [1.29, 1.82) is 0 Å². The number of fused-ring (bicyclic) bond motifs is 1. The van der Waals surface area contributed by atoms with Gasteiger partial charge in [0, 0.05) is 24.3 Å². The van der Waals surface area contributed by atoms with E-state index >= 15 is 0 Å². The lowest BCUT2D eigenvalue weighted by Gasteiger charge is -2.42. The van der Waals surface area contributed by atoms with Crippen LogP contribution in [0.2, 0.25) is 0 Å². The molecular weight excluding hydrogens is 222 g/mol. The third-order valence-corrected chi connectivity index (χ3v) is 4.69. The molecule has 0 amide bonds. The topological polar surface area (TPSA) is 20.3 Å².